The van der Waals surface area contributed by atoms with E-state index in [0.717, 1.165) is 22.9 Å². The minimum absolute atomic E-state index is 0.123. The minimum Gasteiger partial charge on any atom is -0.495 e. The number of aryl methyl sites for hydroxylation is 2. The van der Waals surface area contributed by atoms with Gasteiger partial charge in [0.2, 0.25) is 15.9 Å². The highest BCUT2D eigenvalue weighted by molar-refractivity contribution is 7.92. The van der Waals surface area contributed by atoms with Crippen LogP contribution in [0.2, 0.25) is 0 Å². The summed E-state index contributed by atoms with van der Waals surface area (Å²) in [6, 6.07) is 13.1. The van der Waals surface area contributed by atoms with Crippen LogP contribution in [0.5, 0.6) is 5.75 Å². The minimum atomic E-state index is -3.53. The van der Waals surface area contributed by atoms with E-state index in [1.165, 1.54) is 11.4 Å². The van der Waals surface area contributed by atoms with Crippen LogP contribution in [0.15, 0.2) is 42.5 Å². The molecule has 7 heteroatoms. The van der Waals surface area contributed by atoms with E-state index < -0.39 is 10.0 Å². The maximum atomic E-state index is 12.3. The Kier molecular flexibility index (Phi) is 6.85. The van der Waals surface area contributed by atoms with Gasteiger partial charge < -0.3 is 10.1 Å². The van der Waals surface area contributed by atoms with Gasteiger partial charge in [-0.3, -0.25) is 9.10 Å². The van der Waals surface area contributed by atoms with Crippen molar-refractivity contribution in [1.29, 1.82) is 0 Å². The van der Waals surface area contributed by atoms with Crippen molar-refractivity contribution in [3.63, 3.8) is 0 Å². The monoisotopic (exact) mass is 390 g/mol. The van der Waals surface area contributed by atoms with Gasteiger partial charge >= 0.3 is 0 Å². The molecule has 0 aromatic heterocycles. The SMILES string of the molecule is COc1ccc(C)cc1N(CCNC(=O)Cc1ccc(C)cc1)S(C)(=O)=O. The largest absolute Gasteiger partial charge is 0.495 e. The Morgan fingerprint density at radius 1 is 1.07 bits per heavy atom. The van der Waals surface area contributed by atoms with Crippen LogP contribution in [-0.2, 0) is 21.2 Å². The number of rotatable bonds is 8. The number of hydrogen-bond donors (Lipinski definition) is 1. The van der Waals surface area contributed by atoms with Gasteiger partial charge in [0.1, 0.15) is 5.75 Å². The number of benzene rings is 2. The van der Waals surface area contributed by atoms with E-state index >= 15 is 0 Å². The van der Waals surface area contributed by atoms with E-state index in [2.05, 4.69) is 5.32 Å². The number of nitrogens with zero attached hydrogens (tertiary/aromatic N) is 1. The molecule has 0 atom stereocenters. The summed E-state index contributed by atoms with van der Waals surface area (Å²) in [5, 5.41) is 2.78. The normalized spacial score (nSPS) is 11.1. The van der Waals surface area contributed by atoms with Crippen LogP contribution >= 0.6 is 0 Å². The summed E-state index contributed by atoms with van der Waals surface area (Å²) < 4.78 is 31.1. The van der Waals surface area contributed by atoms with E-state index in [9.17, 15) is 13.2 Å². The molecule has 1 amide bonds. The first-order valence-corrected chi connectivity index (χ1v) is 10.5. The highest BCUT2D eigenvalue weighted by Gasteiger charge is 2.21. The molecule has 1 N–H and O–H groups in total. The number of methoxy groups -OCH3 is 1. The van der Waals surface area contributed by atoms with E-state index in [1.807, 2.05) is 44.2 Å². The lowest BCUT2D eigenvalue weighted by molar-refractivity contribution is -0.120. The van der Waals surface area contributed by atoms with Crippen molar-refractivity contribution in [3.05, 3.63) is 59.2 Å². The average molecular weight is 391 g/mol. The lowest BCUT2D eigenvalue weighted by atomic mass is 10.1. The van der Waals surface area contributed by atoms with Crippen molar-refractivity contribution in [3.8, 4) is 5.75 Å². The fraction of sp³-hybridized carbons (Fsp3) is 0.350. The molecule has 0 bridgehead atoms. The number of carbonyl (C=O) groups is 1. The molecule has 2 rings (SSSR count). The first-order chi connectivity index (χ1) is 12.7. The van der Waals surface area contributed by atoms with Crippen molar-refractivity contribution in [2.45, 2.75) is 20.3 Å². The zero-order valence-electron chi connectivity index (χ0n) is 16.2. The van der Waals surface area contributed by atoms with E-state index in [1.54, 1.807) is 12.1 Å². The molecule has 6 nitrogen and oxygen atoms in total. The molecule has 27 heavy (non-hydrogen) atoms. The van der Waals surface area contributed by atoms with Gasteiger partial charge in [-0.05, 0) is 37.1 Å². The van der Waals surface area contributed by atoms with Crippen LogP contribution in [0.1, 0.15) is 16.7 Å². The molecule has 0 aliphatic rings. The summed E-state index contributed by atoms with van der Waals surface area (Å²) in [4.78, 5) is 12.1. The van der Waals surface area contributed by atoms with Crippen molar-refractivity contribution in [2.75, 3.05) is 30.8 Å². The van der Waals surface area contributed by atoms with Gasteiger partial charge in [-0.2, -0.15) is 0 Å². The molecule has 0 saturated carbocycles. The fourth-order valence-electron chi connectivity index (χ4n) is 2.71. The van der Waals surface area contributed by atoms with Crippen molar-refractivity contribution < 1.29 is 17.9 Å². The Labute approximate surface area is 161 Å². The smallest absolute Gasteiger partial charge is 0.232 e. The standard InChI is InChI=1S/C20H26N2O4S/c1-15-5-8-17(9-6-15)14-20(23)21-11-12-22(27(4,24)25)18-13-16(2)7-10-19(18)26-3/h5-10,13H,11-12,14H2,1-4H3,(H,21,23). The predicted octanol–water partition coefficient (Wildman–Crippen LogP) is 2.44. The van der Waals surface area contributed by atoms with E-state index in [4.69, 9.17) is 4.74 Å². The molecule has 0 saturated heterocycles. The summed E-state index contributed by atoms with van der Waals surface area (Å²) in [6.07, 6.45) is 1.40. The van der Waals surface area contributed by atoms with Gasteiger partial charge in [-0.15, -0.1) is 0 Å². The maximum absolute atomic E-state index is 12.3. The zero-order valence-corrected chi connectivity index (χ0v) is 17.0. The number of hydrogen-bond acceptors (Lipinski definition) is 4. The van der Waals surface area contributed by atoms with Crippen molar-refractivity contribution in [1.82, 2.24) is 5.32 Å². The molecule has 0 radical (unpaired) electrons. The summed E-state index contributed by atoms with van der Waals surface area (Å²) in [5.41, 5.74) is 3.43. The second-order valence-electron chi connectivity index (χ2n) is 6.52. The number of sulfonamides is 1. The number of ether oxygens (including phenoxy) is 1. The Morgan fingerprint density at radius 2 is 1.70 bits per heavy atom. The topological polar surface area (TPSA) is 75.7 Å². The zero-order chi connectivity index (χ0) is 20.0. The second kappa shape index (κ2) is 8.90. The summed E-state index contributed by atoms with van der Waals surface area (Å²) in [6.45, 7) is 4.20. The third-order valence-electron chi connectivity index (χ3n) is 4.13. The summed E-state index contributed by atoms with van der Waals surface area (Å²) >= 11 is 0. The van der Waals surface area contributed by atoms with Crippen LogP contribution in [0.25, 0.3) is 0 Å². The number of nitrogens with one attached hydrogen (secondary N) is 1. The molecular formula is C20H26N2O4S. The van der Waals surface area contributed by atoms with Gasteiger partial charge in [-0.25, -0.2) is 8.42 Å². The highest BCUT2D eigenvalue weighted by atomic mass is 32.2. The van der Waals surface area contributed by atoms with Crippen LogP contribution in [0, 0.1) is 13.8 Å². The number of amides is 1. The average Bonchev–Trinajstić information content (AvgIpc) is 2.59. The molecule has 2 aromatic rings. The molecule has 0 aliphatic carbocycles. The van der Waals surface area contributed by atoms with Gasteiger partial charge in [-0.1, -0.05) is 35.9 Å². The van der Waals surface area contributed by atoms with E-state index in [-0.39, 0.29) is 25.4 Å². The molecule has 0 fully saturated rings. The lowest BCUT2D eigenvalue weighted by Gasteiger charge is -2.24. The molecule has 0 spiro atoms. The van der Waals surface area contributed by atoms with E-state index in [0.29, 0.717) is 11.4 Å². The maximum Gasteiger partial charge on any atom is 0.232 e. The molecule has 0 aliphatic heterocycles. The Morgan fingerprint density at radius 3 is 2.30 bits per heavy atom. The Balaban J connectivity index is 2.04. The number of carbonyl (C=O) groups excluding carboxylic acids is 1. The van der Waals surface area contributed by atoms with Crippen LogP contribution in [-0.4, -0.2) is 40.8 Å². The fourth-order valence-corrected chi connectivity index (χ4v) is 3.63. The molecular weight excluding hydrogens is 364 g/mol. The summed E-state index contributed by atoms with van der Waals surface area (Å²) in [7, 11) is -2.03. The number of anilines is 1. The molecule has 2 aromatic carbocycles. The van der Waals surface area contributed by atoms with Crippen LogP contribution in [0.4, 0.5) is 5.69 Å². The quantitative estimate of drug-likeness (QED) is 0.751. The molecule has 0 unspecified atom stereocenters. The van der Waals surface area contributed by atoms with Gasteiger partial charge in [0.25, 0.3) is 0 Å². The van der Waals surface area contributed by atoms with Gasteiger partial charge in [0, 0.05) is 6.54 Å². The molecule has 0 heterocycles. The molecule has 146 valence electrons. The predicted molar refractivity (Wildman–Crippen MR) is 108 cm³/mol. The van der Waals surface area contributed by atoms with Crippen molar-refractivity contribution >= 4 is 21.6 Å². The third kappa shape index (κ3) is 5.99. The lowest BCUT2D eigenvalue weighted by Crippen LogP contribution is -2.38. The summed E-state index contributed by atoms with van der Waals surface area (Å²) in [5.74, 6) is 0.320. The first-order valence-electron chi connectivity index (χ1n) is 8.65. The highest BCUT2D eigenvalue weighted by Crippen LogP contribution is 2.30. The first kappa shape index (κ1) is 20.8. The van der Waals surface area contributed by atoms with Gasteiger partial charge in [0.05, 0.1) is 32.0 Å². The third-order valence-corrected chi connectivity index (χ3v) is 5.31. The van der Waals surface area contributed by atoms with Gasteiger partial charge in [0.15, 0.2) is 0 Å². The van der Waals surface area contributed by atoms with Crippen LogP contribution < -0.4 is 14.4 Å². The van der Waals surface area contributed by atoms with Crippen LogP contribution in [0.3, 0.4) is 0 Å². The second-order valence-corrected chi connectivity index (χ2v) is 8.43. The Hall–Kier alpha value is -2.54. The Bertz CT molecular complexity index is 893. The van der Waals surface area contributed by atoms with Crippen molar-refractivity contribution in [2.24, 2.45) is 0 Å².